The van der Waals surface area contributed by atoms with Gasteiger partial charge in [0, 0.05) is 11.1 Å². The minimum Gasteiger partial charge on any atom is -0.496 e. The number of rotatable bonds is 6. The van der Waals surface area contributed by atoms with Gasteiger partial charge in [0.2, 0.25) is 0 Å². The Morgan fingerprint density at radius 2 is 1.90 bits per heavy atom. The van der Waals surface area contributed by atoms with Gasteiger partial charge in [-0.25, -0.2) is 4.39 Å². The van der Waals surface area contributed by atoms with E-state index in [0.29, 0.717) is 5.56 Å². The van der Waals surface area contributed by atoms with Crippen LogP contribution in [-0.2, 0) is 0 Å². The number of nitrogens with one attached hydrogen (secondary N) is 1. The van der Waals surface area contributed by atoms with Crippen molar-refractivity contribution >= 4 is 0 Å². The molecule has 0 aliphatic heterocycles. The topological polar surface area (TPSA) is 21.3 Å². The molecule has 0 aromatic heterocycles. The Morgan fingerprint density at radius 3 is 2.62 bits per heavy atom. The van der Waals surface area contributed by atoms with Crippen LogP contribution in [0.25, 0.3) is 0 Å². The number of ether oxygens (including phenoxy) is 1. The van der Waals surface area contributed by atoms with E-state index >= 15 is 0 Å². The minimum atomic E-state index is -0.207. The lowest BCUT2D eigenvalue weighted by Gasteiger charge is -2.22. The number of para-hydroxylation sites is 1. The van der Waals surface area contributed by atoms with E-state index in [1.165, 1.54) is 6.07 Å². The highest BCUT2D eigenvalue weighted by molar-refractivity contribution is 5.42. The monoisotopic (exact) mass is 287 g/mol. The molecule has 21 heavy (non-hydrogen) atoms. The number of hydrogen-bond acceptors (Lipinski definition) is 2. The standard InChI is InChI=1S/C18H22FNO/c1-4-11-20-18(14-7-5-6-8-17(14)21-3)15-12-13(2)9-10-16(15)19/h5-10,12,18,20H,4,11H2,1-3H3. The fourth-order valence-electron chi connectivity index (χ4n) is 2.47. The molecule has 1 atom stereocenters. The minimum absolute atomic E-state index is 0.194. The Balaban J connectivity index is 2.49. The first-order valence-electron chi connectivity index (χ1n) is 7.29. The van der Waals surface area contributed by atoms with Gasteiger partial charge < -0.3 is 10.1 Å². The molecule has 0 amide bonds. The Bertz CT molecular complexity index is 598. The van der Waals surface area contributed by atoms with Gasteiger partial charge in [0.15, 0.2) is 0 Å². The molecule has 2 aromatic rings. The third kappa shape index (κ3) is 3.61. The molecule has 0 radical (unpaired) electrons. The van der Waals surface area contributed by atoms with Gasteiger partial charge in [0.05, 0.1) is 13.2 Å². The van der Waals surface area contributed by atoms with Gasteiger partial charge in [-0.05, 0) is 32.0 Å². The van der Waals surface area contributed by atoms with Gasteiger partial charge in [-0.15, -0.1) is 0 Å². The molecule has 2 nitrogen and oxygen atoms in total. The highest BCUT2D eigenvalue weighted by Crippen LogP contribution is 2.31. The lowest BCUT2D eigenvalue weighted by Crippen LogP contribution is -2.24. The molecule has 0 aliphatic carbocycles. The number of benzene rings is 2. The van der Waals surface area contributed by atoms with E-state index in [9.17, 15) is 4.39 Å². The van der Waals surface area contributed by atoms with Crippen LogP contribution in [0.5, 0.6) is 5.75 Å². The zero-order valence-corrected chi connectivity index (χ0v) is 12.8. The first-order valence-corrected chi connectivity index (χ1v) is 7.29. The second kappa shape index (κ2) is 7.23. The fourth-order valence-corrected chi connectivity index (χ4v) is 2.47. The summed E-state index contributed by atoms with van der Waals surface area (Å²) in [4.78, 5) is 0. The van der Waals surface area contributed by atoms with E-state index in [0.717, 1.165) is 29.8 Å². The summed E-state index contributed by atoms with van der Waals surface area (Å²) in [6, 6.07) is 12.8. The maximum Gasteiger partial charge on any atom is 0.128 e. The van der Waals surface area contributed by atoms with Crippen molar-refractivity contribution in [3.8, 4) is 5.75 Å². The zero-order chi connectivity index (χ0) is 15.2. The molecule has 0 fully saturated rings. The molecule has 1 unspecified atom stereocenters. The average Bonchev–Trinajstić information content (AvgIpc) is 2.51. The summed E-state index contributed by atoms with van der Waals surface area (Å²) in [5, 5.41) is 3.42. The van der Waals surface area contributed by atoms with Crippen molar-refractivity contribution in [2.45, 2.75) is 26.3 Å². The molecule has 0 bridgehead atoms. The first-order chi connectivity index (χ1) is 10.2. The van der Waals surface area contributed by atoms with Gasteiger partial charge in [-0.1, -0.05) is 42.8 Å². The number of methoxy groups -OCH3 is 1. The Labute approximate surface area is 126 Å². The molecular formula is C18H22FNO. The van der Waals surface area contributed by atoms with Crippen molar-refractivity contribution in [1.29, 1.82) is 0 Å². The Morgan fingerprint density at radius 1 is 1.14 bits per heavy atom. The van der Waals surface area contributed by atoms with Crippen LogP contribution in [0.3, 0.4) is 0 Å². The lowest BCUT2D eigenvalue weighted by molar-refractivity contribution is 0.402. The van der Waals surface area contributed by atoms with Crippen LogP contribution in [-0.4, -0.2) is 13.7 Å². The molecule has 0 aliphatic rings. The second-order valence-corrected chi connectivity index (χ2v) is 5.15. The van der Waals surface area contributed by atoms with Gasteiger partial charge in [0.25, 0.3) is 0 Å². The molecule has 1 N–H and O–H groups in total. The summed E-state index contributed by atoms with van der Waals surface area (Å²) in [6.45, 7) is 4.89. The van der Waals surface area contributed by atoms with Gasteiger partial charge in [-0.2, -0.15) is 0 Å². The normalized spacial score (nSPS) is 12.2. The van der Waals surface area contributed by atoms with Gasteiger partial charge >= 0.3 is 0 Å². The molecule has 112 valence electrons. The van der Waals surface area contributed by atoms with E-state index in [-0.39, 0.29) is 11.9 Å². The summed E-state index contributed by atoms with van der Waals surface area (Å²) >= 11 is 0. The van der Waals surface area contributed by atoms with E-state index < -0.39 is 0 Å². The van der Waals surface area contributed by atoms with Crippen LogP contribution in [0, 0.1) is 12.7 Å². The molecule has 0 saturated heterocycles. The summed E-state index contributed by atoms with van der Waals surface area (Å²) in [6.07, 6.45) is 0.985. The number of aryl methyl sites for hydroxylation is 1. The van der Waals surface area contributed by atoms with Gasteiger partial charge in [-0.3, -0.25) is 0 Å². The fraction of sp³-hybridized carbons (Fsp3) is 0.333. The number of hydrogen-bond donors (Lipinski definition) is 1. The second-order valence-electron chi connectivity index (χ2n) is 5.15. The third-order valence-electron chi connectivity index (χ3n) is 3.51. The zero-order valence-electron chi connectivity index (χ0n) is 12.8. The largest absolute Gasteiger partial charge is 0.496 e. The predicted molar refractivity (Wildman–Crippen MR) is 84.3 cm³/mol. The molecule has 2 aromatic carbocycles. The molecule has 0 spiro atoms. The van der Waals surface area contributed by atoms with Crippen molar-refractivity contribution in [3.63, 3.8) is 0 Å². The van der Waals surface area contributed by atoms with Gasteiger partial charge in [0.1, 0.15) is 11.6 Å². The maximum absolute atomic E-state index is 14.3. The van der Waals surface area contributed by atoms with Crippen molar-refractivity contribution in [1.82, 2.24) is 5.32 Å². The van der Waals surface area contributed by atoms with Crippen LogP contribution >= 0.6 is 0 Å². The summed E-state index contributed by atoms with van der Waals surface area (Å²) in [7, 11) is 1.64. The molecule has 2 rings (SSSR count). The van der Waals surface area contributed by atoms with E-state index in [1.54, 1.807) is 13.2 Å². The third-order valence-corrected chi connectivity index (χ3v) is 3.51. The quantitative estimate of drug-likeness (QED) is 0.858. The smallest absolute Gasteiger partial charge is 0.128 e. The first kappa shape index (κ1) is 15.5. The van der Waals surface area contributed by atoms with Crippen molar-refractivity contribution in [3.05, 3.63) is 65.0 Å². The summed E-state index contributed by atoms with van der Waals surface area (Å²) in [5.74, 6) is 0.576. The Kier molecular flexibility index (Phi) is 5.34. The van der Waals surface area contributed by atoms with Crippen LogP contribution in [0.1, 0.15) is 36.1 Å². The van der Waals surface area contributed by atoms with Crippen molar-refractivity contribution in [2.75, 3.05) is 13.7 Å². The number of halogens is 1. The van der Waals surface area contributed by atoms with E-state index in [4.69, 9.17) is 4.74 Å². The average molecular weight is 287 g/mol. The van der Waals surface area contributed by atoms with E-state index in [1.807, 2.05) is 37.3 Å². The Hall–Kier alpha value is -1.87. The van der Waals surface area contributed by atoms with Crippen LogP contribution in [0.15, 0.2) is 42.5 Å². The predicted octanol–water partition coefficient (Wildman–Crippen LogP) is 4.23. The van der Waals surface area contributed by atoms with Crippen LogP contribution < -0.4 is 10.1 Å². The van der Waals surface area contributed by atoms with E-state index in [2.05, 4.69) is 12.2 Å². The maximum atomic E-state index is 14.3. The lowest BCUT2D eigenvalue weighted by atomic mass is 9.96. The highest BCUT2D eigenvalue weighted by Gasteiger charge is 2.20. The van der Waals surface area contributed by atoms with Crippen molar-refractivity contribution in [2.24, 2.45) is 0 Å². The van der Waals surface area contributed by atoms with Crippen LogP contribution in [0.4, 0.5) is 4.39 Å². The molecule has 0 heterocycles. The molecule has 3 heteroatoms. The SMILES string of the molecule is CCCNC(c1cc(C)ccc1F)c1ccccc1OC. The van der Waals surface area contributed by atoms with Crippen molar-refractivity contribution < 1.29 is 9.13 Å². The highest BCUT2D eigenvalue weighted by atomic mass is 19.1. The molecular weight excluding hydrogens is 265 g/mol. The summed E-state index contributed by atoms with van der Waals surface area (Å²) in [5.41, 5.74) is 2.66. The van der Waals surface area contributed by atoms with Crippen LogP contribution in [0.2, 0.25) is 0 Å². The molecule has 0 saturated carbocycles. The summed E-state index contributed by atoms with van der Waals surface area (Å²) < 4.78 is 19.7.